The van der Waals surface area contributed by atoms with Crippen LogP contribution in [0.25, 0.3) is 5.69 Å². The van der Waals surface area contributed by atoms with Crippen LogP contribution in [0.3, 0.4) is 0 Å². The van der Waals surface area contributed by atoms with Gasteiger partial charge in [0.15, 0.2) is 5.69 Å². The van der Waals surface area contributed by atoms with Gasteiger partial charge in [-0.2, -0.15) is 5.10 Å². The van der Waals surface area contributed by atoms with Crippen LogP contribution < -0.4 is 5.32 Å². The minimum absolute atomic E-state index is 0.110. The van der Waals surface area contributed by atoms with E-state index in [4.69, 9.17) is 0 Å². The average Bonchev–Trinajstić information content (AvgIpc) is 2.89. The van der Waals surface area contributed by atoms with Crippen molar-refractivity contribution in [2.24, 2.45) is 5.92 Å². The summed E-state index contributed by atoms with van der Waals surface area (Å²) in [4.78, 5) is 12.3. The highest BCUT2D eigenvalue weighted by Gasteiger charge is 2.18. The number of nitrogens with zero attached hydrogens (tertiary/aromatic N) is 2. The molecule has 0 aliphatic heterocycles. The molecule has 0 radical (unpaired) electrons. The molecule has 0 spiro atoms. The molecular weight excluding hydrogens is 297 g/mol. The largest absolute Gasteiger partial charge is 0.394 e. The molecule has 0 fully saturated rings. The Hall–Kier alpha value is -2.21. The molecule has 124 valence electrons. The third-order valence-corrected chi connectivity index (χ3v) is 3.50. The summed E-state index contributed by atoms with van der Waals surface area (Å²) < 4.78 is 14.6. The SMILES string of the molecule is Cc1cc(C(=O)NC(CO)CC(C)C)nn1-c1ccc(F)cc1. The van der Waals surface area contributed by atoms with Gasteiger partial charge in [0.2, 0.25) is 0 Å². The number of carbonyl (C=O) groups is 1. The van der Waals surface area contributed by atoms with Crippen LogP contribution in [-0.4, -0.2) is 33.4 Å². The quantitative estimate of drug-likeness (QED) is 0.859. The molecule has 5 nitrogen and oxygen atoms in total. The maximum Gasteiger partial charge on any atom is 0.272 e. The minimum atomic E-state index is -0.325. The summed E-state index contributed by atoms with van der Waals surface area (Å²) in [7, 11) is 0. The lowest BCUT2D eigenvalue weighted by atomic mass is 10.0. The highest BCUT2D eigenvalue weighted by atomic mass is 19.1. The predicted octanol–water partition coefficient (Wildman–Crippen LogP) is 2.46. The monoisotopic (exact) mass is 319 g/mol. The van der Waals surface area contributed by atoms with Gasteiger partial charge in [0.1, 0.15) is 5.82 Å². The molecule has 2 rings (SSSR count). The summed E-state index contributed by atoms with van der Waals surface area (Å²) in [6.07, 6.45) is 0.694. The Morgan fingerprint density at radius 1 is 1.35 bits per heavy atom. The Morgan fingerprint density at radius 2 is 2.00 bits per heavy atom. The molecule has 1 amide bonds. The number of aliphatic hydroxyl groups excluding tert-OH is 1. The zero-order valence-electron chi connectivity index (χ0n) is 13.6. The lowest BCUT2D eigenvalue weighted by Gasteiger charge is -2.17. The number of hydrogen-bond donors (Lipinski definition) is 2. The minimum Gasteiger partial charge on any atom is -0.394 e. The maximum absolute atomic E-state index is 13.0. The van der Waals surface area contributed by atoms with E-state index in [0.717, 1.165) is 5.69 Å². The number of aryl methyl sites for hydroxylation is 1. The zero-order chi connectivity index (χ0) is 17.0. The average molecular weight is 319 g/mol. The first kappa shape index (κ1) is 17.1. The molecule has 1 aromatic heterocycles. The second-order valence-corrected chi connectivity index (χ2v) is 6.04. The summed E-state index contributed by atoms with van der Waals surface area (Å²) in [6, 6.07) is 7.28. The van der Waals surface area contributed by atoms with E-state index in [1.54, 1.807) is 22.9 Å². The van der Waals surface area contributed by atoms with Crippen LogP contribution in [0.1, 0.15) is 36.5 Å². The summed E-state index contributed by atoms with van der Waals surface area (Å²) in [6.45, 7) is 5.77. The van der Waals surface area contributed by atoms with E-state index in [1.807, 2.05) is 20.8 Å². The third kappa shape index (κ3) is 4.39. The van der Waals surface area contributed by atoms with Crippen molar-refractivity contribution in [1.29, 1.82) is 0 Å². The Kier molecular flexibility index (Phi) is 5.50. The van der Waals surface area contributed by atoms with Gasteiger partial charge in [0, 0.05) is 5.69 Å². The van der Waals surface area contributed by atoms with Crippen molar-refractivity contribution in [3.63, 3.8) is 0 Å². The molecule has 6 heteroatoms. The smallest absolute Gasteiger partial charge is 0.272 e. The number of nitrogens with one attached hydrogen (secondary N) is 1. The first-order valence-electron chi connectivity index (χ1n) is 7.65. The number of carbonyl (C=O) groups excluding carboxylic acids is 1. The molecule has 0 aliphatic carbocycles. The first-order chi connectivity index (χ1) is 10.9. The molecule has 23 heavy (non-hydrogen) atoms. The molecule has 2 aromatic rings. The van der Waals surface area contributed by atoms with E-state index in [0.29, 0.717) is 18.0 Å². The summed E-state index contributed by atoms with van der Waals surface area (Å²) in [5.41, 5.74) is 1.73. The third-order valence-electron chi connectivity index (χ3n) is 3.50. The molecule has 1 atom stereocenters. The Morgan fingerprint density at radius 3 is 2.57 bits per heavy atom. The van der Waals surface area contributed by atoms with E-state index in [9.17, 15) is 14.3 Å². The second-order valence-electron chi connectivity index (χ2n) is 6.04. The first-order valence-corrected chi connectivity index (χ1v) is 7.65. The number of rotatable bonds is 6. The fourth-order valence-corrected chi connectivity index (χ4v) is 2.44. The van der Waals surface area contributed by atoms with Gasteiger partial charge >= 0.3 is 0 Å². The molecular formula is C17H22FN3O2. The van der Waals surface area contributed by atoms with Crippen LogP contribution in [0.15, 0.2) is 30.3 Å². The zero-order valence-corrected chi connectivity index (χ0v) is 13.6. The van der Waals surface area contributed by atoms with E-state index >= 15 is 0 Å². The number of halogens is 1. The summed E-state index contributed by atoms with van der Waals surface area (Å²) in [5.74, 6) is -0.282. The van der Waals surface area contributed by atoms with E-state index in [2.05, 4.69) is 10.4 Å². The lowest BCUT2D eigenvalue weighted by Crippen LogP contribution is -2.38. The fourth-order valence-electron chi connectivity index (χ4n) is 2.44. The highest BCUT2D eigenvalue weighted by molar-refractivity contribution is 5.92. The number of hydrogen-bond acceptors (Lipinski definition) is 3. The van der Waals surface area contributed by atoms with Crippen LogP contribution in [0, 0.1) is 18.7 Å². The van der Waals surface area contributed by atoms with Crippen LogP contribution in [-0.2, 0) is 0 Å². The van der Waals surface area contributed by atoms with Gasteiger partial charge in [-0.3, -0.25) is 4.79 Å². The van der Waals surface area contributed by atoms with Crippen LogP contribution >= 0.6 is 0 Å². The van der Waals surface area contributed by atoms with Crippen molar-refractivity contribution in [2.75, 3.05) is 6.61 Å². The van der Waals surface area contributed by atoms with Crippen molar-refractivity contribution in [1.82, 2.24) is 15.1 Å². The number of benzene rings is 1. The van der Waals surface area contributed by atoms with E-state index in [-0.39, 0.29) is 30.1 Å². The molecule has 1 heterocycles. The molecule has 0 aliphatic rings. The van der Waals surface area contributed by atoms with E-state index in [1.165, 1.54) is 12.1 Å². The van der Waals surface area contributed by atoms with Gasteiger partial charge in [0.25, 0.3) is 5.91 Å². The highest BCUT2D eigenvalue weighted by Crippen LogP contribution is 2.13. The van der Waals surface area contributed by atoms with Crippen molar-refractivity contribution in [3.8, 4) is 5.69 Å². The maximum atomic E-state index is 13.0. The van der Waals surface area contributed by atoms with Gasteiger partial charge in [-0.05, 0) is 49.6 Å². The van der Waals surface area contributed by atoms with Gasteiger partial charge < -0.3 is 10.4 Å². The molecule has 0 bridgehead atoms. The topological polar surface area (TPSA) is 67.2 Å². The Balaban J connectivity index is 2.16. The second kappa shape index (κ2) is 7.37. The van der Waals surface area contributed by atoms with Crippen molar-refractivity contribution in [2.45, 2.75) is 33.2 Å². The van der Waals surface area contributed by atoms with Crippen LogP contribution in [0.5, 0.6) is 0 Å². The van der Waals surface area contributed by atoms with Crippen molar-refractivity contribution >= 4 is 5.91 Å². The van der Waals surface area contributed by atoms with Gasteiger partial charge in [-0.25, -0.2) is 9.07 Å². The Labute approximate surface area is 135 Å². The molecule has 0 saturated carbocycles. The number of amides is 1. The molecule has 1 unspecified atom stereocenters. The van der Waals surface area contributed by atoms with Gasteiger partial charge in [-0.1, -0.05) is 13.8 Å². The van der Waals surface area contributed by atoms with Crippen LogP contribution in [0.2, 0.25) is 0 Å². The van der Waals surface area contributed by atoms with Crippen molar-refractivity contribution in [3.05, 3.63) is 47.5 Å². The number of aliphatic hydroxyl groups is 1. The van der Waals surface area contributed by atoms with Crippen LogP contribution in [0.4, 0.5) is 4.39 Å². The van der Waals surface area contributed by atoms with E-state index < -0.39 is 0 Å². The number of aromatic nitrogens is 2. The molecule has 0 saturated heterocycles. The lowest BCUT2D eigenvalue weighted by molar-refractivity contribution is 0.0903. The Bertz CT molecular complexity index is 665. The summed E-state index contributed by atoms with van der Waals surface area (Å²) in [5, 5.41) is 16.4. The van der Waals surface area contributed by atoms with Crippen molar-refractivity contribution < 1.29 is 14.3 Å². The molecule has 2 N–H and O–H groups in total. The fraction of sp³-hybridized carbons (Fsp3) is 0.412. The van der Waals surface area contributed by atoms with Gasteiger partial charge in [-0.15, -0.1) is 0 Å². The standard InChI is InChI=1S/C17H22FN3O2/c1-11(2)8-14(10-22)19-17(23)16-9-12(3)21(20-16)15-6-4-13(18)5-7-15/h4-7,9,11,14,22H,8,10H2,1-3H3,(H,19,23). The summed E-state index contributed by atoms with van der Waals surface area (Å²) >= 11 is 0. The normalized spacial score (nSPS) is 12.4. The predicted molar refractivity (Wildman–Crippen MR) is 86.1 cm³/mol. The van der Waals surface area contributed by atoms with Gasteiger partial charge in [0.05, 0.1) is 18.3 Å². The molecule has 1 aromatic carbocycles.